The lowest BCUT2D eigenvalue weighted by molar-refractivity contribution is -0.900. The van der Waals surface area contributed by atoms with Crippen molar-refractivity contribution < 1.29 is 14.4 Å². The van der Waals surface area contributed by atoms with E-state index < -0.39 is 0 Å². The predicted octanol–water partition coefficient (Wildman–Crippen LogP) is 1.37. The molecule has 2 rings (SSSR count). The van der Waals surface area contributed by atoms with E-state index in [0.29, 0.717) is 6.54 Å². The van der Waals surface area contributed by atoms with E-state index in [1.807, 2.05) is 30.3 Å². The van der Waals surface area contributed by atoms with Crippen LogP contribution in [0.25, 0.3) is 0 Å². The van der Waals surface area contributed by atoms with Gasteiger partial charge in [0.25, 0.3) is 0 Å². The lowest BCUT2D eigenvalue weighted by Crippen LogP contribution is -3.15. The van der Waals surface area contributed by atoms with Gasteiger partial charge in [0.2, 0.25) is 5.78 Å². The van der Waals surface area contributed by atoms with Crippen LogP contribution in [0.4, 0.5) is 0 Å². The molecule has 104 valence electrons. The number of hydrogen-bond donors (Lipinski definition) is 1. The monoisotopic (exact) mass is 390 g/mol. The molecule has 5 heteroatoms. The number of morpholine rings is 1. The maximum absolute atomic E-state index is 12.3. The molecule has 1 aromatic carbocycles. The highest BCUT2D eigenvalue weighted by molar-refractivity contribution is 9.12. The van der Waals surface area contributed by atoms with Crippen molar-refractivity contribution in [3.05, 3.63) is 35.9 Å². The fourth-order valence-corrected chi connectivity index (χ4v) is 3.22. The van der Waals surface area contributed by atoms with E-state index in [0.717, 1.165) is 31.9 Å². The summed E-state index contributed by atoms with van der Waals surface area (Å²) in [6.45, 7) is 3.92. The average molecular weight is 392 g/mol. The fourth-order valence-electron chi connectivity index (χ4n) is 2.15. The number of nitrogens with one attached hydrogen (secondary N) is 1. The highest BCUT2D eigenvalue weighted by Crippen LogP contribution is 2.31. The Morgan fingerprint density at radius 2 is 1.84 bits per heavy atom. The summed E-state index contributed by atoms with van der Waals surface area (Å²) in [5, 5.41) is 0. The maximum Gasteiger partial charge on any atom is 0.201 e. The average Bonchev–Trinajstić information content (AvgIpc) is 2.47. The zero-order valence-corrected chi connectivity index (χ0v) is 13.8. The normalized spacial score (nSPS) is 19.9. The molecule has 0 radical (unpaired) electrons. The minimum atomic E-state index is -0.190. The molecule has 2 atom stereocenters. The molecule has 1 N–H and O–H groups in total. The van der Waals surface area contributed by atoms with Crippen LogP contribution < -0.4 is 4.90 Å². The van der Waals surface area contributed by atoms with Crippen LogP contribution in [0.1, 0.15) is 10.4 Å². The number of benzene rings is 1. The topological polar surface area (TPSA) is 30.7 Å². The summed E-state index contributed by atoms with van der Waals surface area (Å²) < 4.78 is 5.31. The van der Waals surface area contributed by atoms with Gasteiger partial charge < -0.3 is 9.64 Å². The summed E-state index contributed by atoms with van der Waals surface area (Å²) in [5.74, 6) is 0.239. The highest BCUT2D eigenvalue weighted by atomic mass is 79.9. The van der Waals surface area contributed by atoms with Gasteiger partial charge in [0, 0.05) is 0 Å². The van der Waals surface area contributed by atoms with Crippen LogP contribution in [0, 0.1) is 0 Å². The van der Waals surface area contributed by atoms with Gasteiger partial charge in [-0.15, -0.1) is 0 Å². The molecule has 3 nitrogen and oxygen atoms in total. The molecule has 0 spiro atoms. The molecule has 1 heterocycles. The second-order valence-electron chi connectivity index (χ2n) is 4.72. The fraction of sp³-hybridized carbons (Fsp3) is 0.500. The van der Waals surface area contributed by atoms with Crippen molar-refractivity contribution >= 4 is 37.6 Å². The third-order valence-corrected chi connectivity index (χ3v) is 6.11. The Morgan fingerprint density at radius 3 is 2.47 bits per heavy atom. The van der Waals surface area contributed by atoms with Gasteiger partial charge >= 0.3 is 0 Å². The van der Waals surface area contributed by atoms with Crippen molar-refractivity contribution in [1.82, 2.24) is 0 Å². The summed E-state index contributed by atoms with van der Waals surface area (Å²) in [6, 6.07) is 10.0. The molecule has 0 aliphatic carbocycles. The smallest absolute Gasteiger partial charge is 0.201 e. The number of halogens is 2. The van der Waals surface area contributed by atoms with Crippen LogP contribution in [0.3, 0.4) is 0 Å². The van der Waals surface area contributed by atoms with Gasteiger partial charge in [-0.3, -0.25) is 4.79 Å². The van der Waals surface area contributed by atoms with Gasteiger partial charge in [0.15, 0.2) is 0 Å². The number of carbonyl (C=O) groups excluding carboxylic acids is 1. The van der Waals surface area contributed by atoms with Crippen molar-refractivity contribution in [3.8, 4) is 0 Å². The van der Waals surface area contributed by atoms with Crippen LogP contribution >= 0.6 is 31.9 Å². The van der Waals surface area contributed by atoms with Crippen molar-refractivity contribution in [2.45, 2.75) is 9.65 Å². The zero-order valence-electron chi connectivity index (χ0n) is 10.6. The summed E-state index contributed by atoms with van der Waals surface area (Å²) in [4.78, 5) is 13.4. The summed E-state index contributed by atoms with van der Waals surface area (Å²) >= 11 is 7.15. The van der Waals surface area contributed by atoms with E-state index in [1.165, 1.54) is 4.90 Å². The minimum Gasteiger partial charge on any atom is -0.370 e. The SMILES string of the molecule is O=C(C[NH+]1CCOCC1)[C@H](Br)[C@H](Br)c1ccccc1. The van der Waals surface area contributed by atoms with Crippen LogP contribution in [-0.4, -0.2) is 43.5 Å². The van der Waals surface area contributed by atoms with Gasteiger partial charge in [-0.2, -0.15) is 0 Å². The number of ether oxygens (including phenoxy) is 1. The maximum atomic E-state index is 12.3. The van der Waals surface area contributed by atoms with Crippen LogP contribution in [0.5, 0.6) is 0 Å². The van der Waals surface area contributed by atoms with Crippen molar-refractivity contribution in [1.29, 1.82) is 0 Å². The Morgan fingerprint density at radius 1 is 1.21 bits per heavy atom. The third-order valence-electron chi connectivity index (χ3n) is 3.31. The quantitative estimate of drug-likeness (QED) is 0.768. The van der Waals surface area contributed by atoms with Crippen molar-refractivity contribution in [3.63, 3.8) is 0 Å². The lowest BCUT2D eigenvalue weighted by atomic mass is 10.1. The number of rotatable bonds is 5. The molecule has 0 amide bonds. The van der Waals surface area contributed by atoms with E-state index in [1.54, 1.807) is 0 Å². The molecule has 0 aromatic heterocycles. The van der Waals surface area contributed by atoms with Gasteiger partial charge in [0.1, 0.15) is 19.6 Å². The predicted molar refractivity (Wildman–Crippen MR) is 82.2 cm³/mol. The van der Waals surface area contributed by atoms with Crippen LogP contribution in [0.15, 0.2) is 30.3 Å². The van der Waals surface area contributed by atoms with Crippen molar-refractivity contribution in [2.75, 3.05) is 32.8 Å². The van der Waals surface area contributed by atoms with E-state index in [2.05, 4.69) is 31.9 Å². The van der Waals surface area contributed by atoms with Gasteiger partial charge in [-0.05, 0) is 5.56 Å². The molecular weight excluding hydrogens is 374 g/mol. The largest absolute Gasteiger partial charge is 0.370 e. The number of hydrogen-bond acceptors (Lipinski definition) is 2. The first-order chi connectivity index (χ1) is 9.18. The van der Waals surface area contributed by atoms with E-state index in [9.17, 15) is 4.79 Å². The van der Waals surface area contributed by atoms with Crippen LogP contribution in [-0.2, 0) is 9.53 Å². The van der Waals surface area contributed by atoms with E-state index >= 15 is 0 Å². The molecule has 0 saturated carbocycles. The standard InChI is InChI=1S/C14H17Br2NO2/c15-13(11-4-2-1-3-5-11)14(16)12(18)10-17-6-8-19-9-7-17/h1-5,13-14H,6-10H2/p+1/t13-,14+/m1/s1. The molecule has 1 fully saturated rings. The molecule has 1 saturated heterocycles. The zero-order chi connectivity index (χ0) is 13.7. The summed E-state index contributed by atoms with van der Waals surface area (Å²) in [5.41, 5.74) is 1.12. The summed E-state index contributed by atoms with van der Waals surface area (Å²) in [6.07, 6.45) is 0. The molecule has 19 heavy (non-hydrogen) atoms. The van der Waals surface area contributed by atoms with Gasteiger partial charge in [0.05, 0.1) is 22.9 Å². The van der Waals surface area contributed by atoms with Gasteiger partial charge in [-0.25, -0.2) is 0 Å². The van der Waals surface area contributed by atoms with E-state index in [4.69, 9.17) is 4.74 Å². The molecular formula is C14H18Br2NO2+. The first kappa shape index (κ1) is 15.2. The summed E-state index contributed by atoms with van der Waals surface area (Å²) in [7, 11) is 0. The molecule has 1 aliphatic heterocycles. The minimum absolute atomic E-state index is 0.0154. The molecule has 1 aliphatic rings. The van der Waals surface area contributed by atoms with E-state index in [-0.39, 0.29) is 15.4 Å². The highest BCUT2D eigenvalue weighted by Gasteiger charge is 2.28. The second-order valence-corrected chi connectivity index (χ2v) is 6.69. The first-order valence-corrected chi connectivity index (χ1v) is 8.28. The Labute approximate surface area is 130 Å². The Bertz CT molecular complexity index is 407. The van der Waals surface area contributed by atoms with Gasteiger partial charge in [-0.1, -0.05) is 62.2 Å². The number of quaternary nitrogens is 1. The molecule has 1 aromatic rings. The Hall–Kier alpha value is -0.230. The Balaban J connectivity index is 1.91. The lowest BCUT2D eigenvalue weighted by Gasteiger charge is -2.25. The van der Waals surface area contributed by atoms with Crippen molar-refractivity contribution in [2.24, 2.45) is 0 Å². The first-order valence-electron chi connectivity index (χ1n) is 6.45. The molecule has 0 unspecified atom stereocenters. The third kappa shape index (κ3) is 4.38. The second kappa shape index (κ2) is 7.53. The number of Topliss-reactive ketones (excluding diaryl/α,β-unsaturated/α-hetero) is 1. The number of alkyl halides is 2. The molecule has 0 bridgehead atoms. The number of carbonyl (C=O) groups is 1. The number of ketones is 1. The van der Waals surface area contributed by atoms with Crippen LogP contribution in [0.2, 0.25) is 0 Å². The Kier molecular flexibility index (Phi) is 6.01.